The van der Waals surface area contributed by atoms with Crippen LogP contribution in [0.4, 0.5) is 4.79 Å². The number of aliphatic carboxylic acids is 1. The lowest BCUT2D eigenvalue weighted by Crippen LogP contribution is -2.52. The topological polar surface area (TPSA) is 69.6 Å². The van der Waals surface area contributed by atoms with Gasteiger partial charge in [0.25, 0.3) is 0 Å². The van der Waals surface area contributed by atoms with Crippen molar-refractivity contribution in [1.82, 2.24) is 10.2 Å². The number of carboxylic acid groups (broad SMARTS) is 1. The molecular weight excluding hydrogens is 244 g/mol. The van der Waals surface area contributed by atoms with Crippen LogP contribution in [0, 0.1) is 5.92 Å². The maximum Gasteiger partial charge on any atom is 0.317 e. The molecule has 110 valence electrons. The van der Waals surface area contributed by atoms with E-state index in [1.807, 2.05) is 18.7 Å². The third-order valence-electron chi connectivity index (χ3n) is 3.89. The van der Waals surface area contributed by atoms with Crippen LogP contribution in [0.1, 0.15) is 52.9 Å². The molecule has 1 aliphatic heterocycles. The molecule has 1 fully saturated rings. The number of nitrogens with one attached hydrogen (secondary N) is 1. The highest BCUT2D eigenvalue weighted by atomic mass is 16.4. The molecule has 0 atom stereocenters. The Morgan fingerprint density at radius 3 is 2.37 bits per heavy atom. The van der Waals surface area contributed by atoms with E-state index in [4.69, 9.17) is 5.11 Å². The predicted octanol–water partition coefficient (Wildman–Crippen LogP) is 2.46. The van der Waals surface area contributed by atoms with Crippen molar-refractivity contribution in [3.8, 4) is 0 Å². The standard InChI is InChI=1S/C14H26N2O3/c1-4-11-6-9-16(10-7-11)13(19)15-14(2,3)8-5-12(17)18/h11H,4-10H2,1-3H3,(H,15,19)(H,17,18). The van der Waals surface area contributed by atoms with Crippen LogP contribution in [0.15, 0.2) is 0 Å². The van der Waals surface area contributed by atoms with E-state index in [1.165, 1.54) is 6.42 Å². The van der Waals surface area contributed by atoms with Gasteiger partial charge in [-0.2, -0.15) is 0 Å². The van der Waals surface area contributed by atoms with Gasteiger partial charge in [-0.3, -0.25) is 4.79 Å². The van der Waals surface area contributed by atoms with Crippen LogP contribution in [-0.4, -0.2) is 40.6 Å². The van der Waals surface area contributed by atoms with E-state index in [-0.39, 0.29) is 12.5 Å². The Labute approximate surface area is 115 Å². The minimum atomic E-state index is -0.828. The van der Waals surface area contributed by atoms with Gasteiger partial charge in [0.2, 0.25) is 0 Å². The molecule has 0 unspecified atom stereocenters. The number of hydrogen-bond donors (Lipinski definition) is 2. The van der Waals surface area contributed by atoms with Crippen molar-refractivity contribution >= 4 is 12.0 Å². The zero-order chi connectivity index (χ0) is 14.5. The number of hydrogen-bond acceptors (Lipinski definition) is 2. The van der Waals surface area contributed by atoms with Crippen molar-refractivity contribution in [2.45, 2.75) is 58.4 Å². The Kier molecular flexibility index (Phi) is 5.63. The summed E-state index contributed by atoms with van der Waals surface area (Å²) in [5, 5.41) is 11.6. The van der Waals surface area contributed by atoms with Gasteiger partial charge in [-0.05, 0) is 39.0 Å². The van der Waals surface area contributed by atoms with Crippen LogP contribution in [-0.2, 0) is 4.79 Å². The van der Waals surface area contributed by atoms with Crippen molar-refractivity contribution < 1.29 is 14.7 Å². The first-order chi connectivity index (χ1) is 8.84. The largest absolute Gasteiger partial charge is 0.481 e. The first-order valence-electron chi connectivity index (χ1n) is 7.13. The van der Waals surface area contributed by atoms with Gasteiger partial charge in [0.05, 0.1) is 0 Å². The average molecular weight is 270 g/mol. The number of rotatable bonds is 5. The Morgan fingerprint density at radius 1 is 1.32 bits per heavy atom. The molecule has 2 N–H and O–H groups in total. The summed E-state index contributed by atoms with van der Waals surface area (Å²) in [6.45, 7) is 7.54. The summed E-state index contributed by atoms with van der Waals surface area (Å²) in [7, 11) is 0. The fourth-order valence-electron chi connectivity index (χ4n) is 2.39. The molecule has 0 aliphatic carbocycles. The minimum absolute atomic E-state index is 0.0649. The Balaban J connectivity index is 2.39. The van der Waals surface area contributed by atoms with Crippen molar-refractivity contribution in [3.05, 3.63) is 0 Å². The zero-order valence-corrected chi connectivity index (χ0v) is 12.2. The summed E-state index contributed by atoms with van der Waals surface area (Å²) >= 11 is 0. The summed E-state index contributed by atoms with van der Waals surface area (Å²) in [5.74, 6) is -0.0878. The molecule has 1 heterocycles. The van der Waals surface area contributed by atoms with Gasteiger partial charge in [-0.15, -0.1) is 0 Å². The summed E-state index contributed by atoms with van der Waals surface area (Å²) in [4.78, 5) is 24.5. The maximum atomic E-state index is 12.1. The van der Waals surface area contributed by atoms with Crippen LogP contribution in [0.5, 0.6) is 0 Å². The van der Waals surface area contributed by atoms with Crippen molar-refractivity contribution in [2.75, 3.05) is 13.1 Å². The van der Waals surface area contributed by atoms with Gasteiger partial charge < -0.3 is 15.3 Å². The molecule has 5 nitrogen and oxygen atoms in total. The lowest BCUT2D eigenvalue weighted by Gasteiger charge is -2.35. The Morgan fingerprint density at radius 2 is 1.89 bits per heavy atom. The number of carbonyl (C=O) groups excluding carboxylic acids is 1. The van der Waals surface area contributed by atoms with Crippen molar-refractivity contribution in [3.63, 3.8) is 0 Å². The summed E-state index contributed by atoms with van der Waals surface area (Å²) in [6, 6.07) is -0.0649. The molecule has 2 amide bonds. The van der Waals surface area contributed by atoms with Gasteiger partial charge in [-0.1, -0.05) is 13.3 Å². The summed E-state index contributed by atoms with van der Waals surface area (Å²) < 4.78 is 0. The predicted molar refractivity (Wildman–Crippen MR) is 74.1 cm³/mol. The number of piperidine rings is 1. The number of nitrogens with zero attached hydrogens (tertiary/aromatic N) is 1. The van der Waals surface area contributed by atoms with Gasteiger partial charge in [0.15, 0.2) is 0 Å². The average Bonchev–Trinajstić information content (AvgIpc) is 2.36. The van der Waals surface area contributed by atoms with Crippen molar-refractivity contribution in [1.29, 1.82) is 0 Å². The van der Waals surface area contributed by atoms with E-state index in [0.717, 1.165) is 31.8 Å². The molecule has 19 heavy (non-hydrogen) atoms. The first kappa shape index (κ1) is 15.8. The molecule has 0 aromatic heterocycles. The molecule has 0 aromatic carbocycles. The summed E-state index contributed by atoms with van der Waals surface area (Å²) in [6.07, 6.45) is 3.84. The Bertz CT molecular complexity index is 321. The number of amides is 2. The van der Waals surface area contributed by atoms with E-state index < -0.39 is 11.5 Å². The van der Waals surface area contributed by atoms with Crippen LogP contribution in [0.3, 0.4) is 0 Å². The fraction of sp³-hybridized carbons (Fsp3) is 0.857. The molecular formula is C14H26N2O3. The highest BCUT2D eigenvalue weighted by Gasteiger charge is 2.27. The highest BCUT2D eigenvalue weighted by Crippen LogP contribution is 2.20. The van der Waals surface area contributed by atoms with E-state index >= 15 is 0 Å². The van der Waals surface area contributed by atoms with Crippen molar-refractivity contribution in [2.24, 2.45) is 5.92 Å². The second kappa shape index (κ2) is 6.78. The SMILES string of the molecule is CCC1CCN(C(=O)NC(C)(C)CCC(=O)O)CC1. The summed E-state index contributed by atoms with van der Waals surface area (Å²) in [5.41, 5.74) is -0.475. The van der Waals surface area contributed by atoms with Gasteiger partial charge in [0.1, 0.15) is 0 Å². The van der Waals surface area contributed by atoms with Gasteiger partial charge >= 0.3 is 12.0 Å². The molecule has 5 heteroatoms. The molecule has 0 bridgehead atoms. The van der Waals surface area contributed by atoms with Crippen LogP contribution < -0.4 is 5.32 Å². The Hall–Kier alpha value is -1.26. The van der Waals surface area contributed by atoms with E-state index in [2.05, 4.69) is 12.2 Å². The maximum absolute atomic E-state index is 12.1. The lowest BCUT2D eigenvalue weighted by molar-refractivity contribution is -0.137. The minimum Gasteiger partial charge on any atom is -0.481 e. The smallest absolute Gasteiger partial charge is 0.317 e. The first-order valence-corrected chi connectivity index (χ1v) is 7.13. The highest BCUT2D eigenvalue weighted by molar-refractivity contribution is 5.75. The number of carboxylic acids is 1. The van der Waals surface area contributed by atoms with E-state index in [1.54, 1.807) is 0 Å². The molecule has 1 rings (SSSR count). The van der Waals surface area contributed by atoms with Gasteiger partial charge in [0, 0.05) is 25.0 Å². The van der Waals surface area contributed by atoms with Gasteiger partial charge in [-0.25, -0.2) is 4.79 Å². The third kappa shape index (κ3) is 5.49. The lowest BCUT2D eigenvalue weighted by atomic mass is 9.94. The molecule has 0 aromatic rings. The third-order valence-corrected chi connectivity index (χ3v) is 3.89. The number of urea groups is 1. The van der Waals surface area contributed by atoms with Crippen LogP contribution in [0.25, 0.3) is 0 Å². The quantitative estimate of drug-likeness (QED) is 0.806. The number of carbonyl (C=O) groups is 2. The monoisotopic (exact) mass is 270 g/mol. The number of likely N-dealkylation sites (tertiary alicyclic amines) is 1. The molecule has 1 saturated heterocycles. The van der Waals surface area contributed by atoms with Crippen LogP contribution in [0.2, 0.25) is 0 Å². The normalized spacial score (nSPS) is 17.3. The fourth-order valence-corrected chi connectivity index (χ4v) is 2.39. The van der Waals surface area contributed by atoms with E-state index in [0.29, 0.717) is 6.42 Å². The molecule has 1 aliphatic rings. The van der Waals surface area contributed by atoms with E-state index in [9.17, 15) is 9.59 Å². The molecule has 0 radical (unpaired) electrons. The molecule has 0 saturated carbocycles. The van der Waals surface area contributed by atoms with Crippen LogP contribution >= 0.6 is 0 Å². The zero-order valence-electron chi connectivity index (χ0n) is 12.2. The second-order valence-corrected chi connectivity index (χ2v) is 6.05. The molecule has 0 spiro atoms. The second-order valence-electron chi connectivity index (χ2n) is 6.05.